The van der Waals surface area contributed by atoms with E-state index in [1.807, 2.05) is 49.1 Å². The van der Waals surface area contributed by atoms with Crippen molar-refractivity contribution in [2.75, 3.05) is 18.4 Å². The number of hydrogen-bond acceptors (Lipinski definition) is 3. The monoisotopic (exact) mass is 387 g/mol. The lowest BCUT2D eigenvalue weighted by Crippen LogP contribution is -2.36. The number of likely N-dealkylation sites (tertiary alicyclic amines) is 1. The van der Waals surface area contributed by atoms with Gasteiger partial charge in [0, 0.05) is 24.2 Å². The fraction of sp³-hybridized carbons (Fsp3) is 0.292. The molecule has 0 unspecified atom stereocenters. The molecule has 0 radical (unpaired) electrons. The number of fused-ring (bicyclic) bond motifs is 1. The van der Waals surface area contributed by atoms with E-state index >= 15 is 0 Å². The van der Waals surface area contributed by atoms with Crippen LogP contribution < -0.4 is 5.32 Å². The SMILES string of the molecule is Cc1ccc2nc(C)cc(C(=O)Nc3ccccc3C(=O)N3CCCCC3)c2c1. The lowest BCUT2D eigenvalue weighted by Gasteiger charge is -2.27. The molecule has 148 valence electrons. The topological polar surface area (TPSA) is 62.3 Å². The van der Waals surface area contributed by atoms with Crippen LogP contribution in [0.5, 0.6) is 0 Å². The van der Waals surface area contributed by atoms with Gasteiger partial charge in [-0.15, -0.1) is 0 Å². The number of anilines is 1. The van der Waals surface area contributed by atoms with E-state index in [0.29, 0.717) is 16.8 Å². The molecule has 2 aromatic carbocycles. The number of nitrogens with zero attached hydrogens (tertiary/aromatic N) is 2. The zero-order chi connectivity index (χ0) is 20.4. The van der Waals surface area contributed by atoms with Gasteiger partial charge in [-0.05, 0) is 63.4 Å². The first-order valence-electron chi connectivity index (χ1n) is 10.1. The fourth-order valence-corrected chi connectivity index (χ4v) is 3.90. The molecule has 1 fully saturated rings. The molecule has 5 nitrogen and oxygen atoms in total. The van der Waals surface area contributed by atoms with Gasteiger partial charge in [0.15, 0.2) is 0 Å². The number of aryl methyl sites for hydroxylation is 2. The first kappa shape index (κ1) is 19.1. The maximum absolute atomic E-state index is 13.2. The minimum Gasteiger partial charge on any atom is -0.339 e. The molecule has 0 spiro atoms. The van der Waals surface area contributed by atoms with E-state index in [4.69, 9.17) is 0 Å². The number of amides is 2. The number of aromatic nitrogens is 1. The molecule has 2 heterocycles. The van der Waals surface area contributed by atoms with E-state index in [9.17, 15) is 9.59 Å². The van der Waals surface area contributed by atoms with E-state index in [2.05, 4.69) is 10.3 Å². The molecular weight excluding hydrogens is 362 g/mol. The van der Waals surface area contributed by atoms with Crippen molar-refractivity contribution in [3.8, 4) is 0 Å². The van der Waals surface area contributed by atoms with Gasteiger partial charge in [-0.25, -0.2) is 0 Å². The highest BCUT2D eigenvalue weighted by molar-refractivity contribution is 6.14. The summed E-state index contributed by atoms with van der Waals surface area (Å²) in [5.41, 5.74) is 4.29. The third-order valence-corrected chi connectivity index (χ3v) is 5.39. The zero-order valence-corrected chi connectivity index (χ0v) is 16.9. The van der Waals surface area contributed by atoms with Gasteiger partial charge in [0.05, 0.1) is 22.3 Å². The maximum Gasteiger partial charge on any atom is 0.256 e. The van der Waals surface area contributed by atoms with Gasteiger partial charge >= 0.3 is 0 Å². The first-order valence-corrected chi connectivity index (χ1v) is 10.1. The molecule has 1 N–H and O–H groups in total. The minimum atomic E-state index is -0.231. The average Bonchev–Trinajstić information content (AvgIpc) is 2.74. The minimum absolute atomic E-state index is 0.0211. The number of benzene rings is 2. The summed E-state index contributed by atoms with van der Waals surface area (Å²) < 4.78 is 0. The van der Waals surface area contributed by atoms with E-state index in [-0.39, 0.29) is 11.8 Å². The summed E-state index contributed by atoms with van der Waals surface area (Å²) in [6, 6.07) is 14.9. The van der Waals surface area contributed by atoms with Crippen molar-refractivity contribution in [3.05, 3.63) is 70.9 Å². The Balaban J connectivity index is 1.67. The summed E-state index contributed by atoms with van der Waals surface area (Å²) in [5.74, 6) is -0.253. The van der Waals surface area contributed by atoms with Gasteiger partial charge in [0.1, 0.15) is 0 Å². The molecule has 1 saturated heterocycles. The summed E-state index contributed by atoms with van der Waals surface area (Å²) in [6.07, 6.45) is 3.22. The molecule has 2 amide bonds. The normalized spacial score (nSPS) is 14.1. The van der Waals surface area contributed by atoms with Crippen LogP contribution in [-0.2, 0) is 0 Å². The van der Waals surface area contributed by atoms with Crippen LogP contribution in [0.3, 0.4) is 0 Å². The Bertz CT molecular complexity index is 1080. The zero-order valence-electron chi connectivity index (χ0n) is 16.9. The van der Waals surface area contributed by atoms with Crippen LogP contribution in [-0.4, -0.2) is 34.8 Å². The summed E-state index contributed by atoms with van der Waals surface area (Å²) in [5, 5.41) is 3.78. The quantitative estimate of drug-likeness (QED) is 0.707. The number of nitrogens with one attached hydrogen (secondary N) is 1. The number of piperidine rings is 1. The molecule has 0 bridgehead atoms. The fourth-order valence-electron chi connectivity index (χ4n) is 3.90. The molecule has 3 aromatic rings. The summed E-state index contributed by atoms with van der Waals surface area (Å²) in [4.78, 5) is 32.6. The van der Waals surface area contributed by atoms with E-state index in [1.165, 1.54) is 0 Å². The van der Waals surface area contributed by atoms with Gasteiger partial charge in [-0.3, -0.25) is 14.6 Å². The number of para-hydroxylation sites is 1. The van der Waals surface area contributed by atoms with Crippen LogP contribution in [0.15, 0.2) is 48.5 Å². The number of carbonyl (C=O) groups excluding carboxylic acids is 2. The van der Waals surface area contributed by atoms with Crippen LogP contribution in [0.2, 0.25) is 0 Å². The molecule has 5 heteroatoms. The van der Waals surface area contributed by atoms with E-state index in [0.717, 1.165) is 54.5 Å². The second-order valence-electron chi connectivity index (χ2n) is 7.68. The lowest BCUT2D eigenvalue weighted by atomic mass is 10.0. The van der Waals surface area contributed by atoms with Gasteiger partial charge in [0.2, 0.25) is 0 Å². The largest absolute Gasteiger partial charge is 0.339 e. The van der Waals surface area contributed by atoms with Crippen LogP contribution in [0.25, 0.3) is 10.9 Å². The smallest absolute Gasteiger partial charge is 0.256 e. The van der Waals surface area contributed by atoms with Crippen molar-refractivity contribution < 1.29 is 9.59 Å². The lowest BCUT2D eigenvalue weighted by molar-refractivity contribution is 0.0725. The van der Waals surface area contributed by atoms with Crippen LogP contribution in [0, 0.1) is 13.8 Å². The predicted octanol–water partition coefficient (Wildman–Crippen LogP) is 4.73. The second-order valence-corrected chi connectivity index (χ2v) is 7.68. The van der Waals surface area contributed by atoms with Crippen molar-refractivity contribution in [2.45, 2.75) is 33.1 Å². The van der Waals surface area contributed by atoms with Crippen LogP contribution in [0.1, 0.15) is 51.2 Å². The highest BCUT2D eigenvalue weighted by atomic mass is 16.2. The second kappa shape index (κ2) is 8.03. The molecule has 0 aliphatic carbocycles. The number of carbonyl (C=O) groups is 2. The molecule has 0 atom stereocenters. The van der Waals surface area contributed by atoms with Gasteiger partial charge in [0.25, 0.3) is 11.8 Å². The van der Waals surface area contributed by atoms with Crippen molar-refractivity contribution in [1.29, 1.82) is 0 Å². The third-order valence-electron chi connectivity index (χ3n) is 5.39. The molecule has 0 saturated carbocycles. The molecule has 1 aliphatic heterocycles. The van der Waals surface area contributed by atoms with Gasteiger partial charge in [-0.2, -0.15) is 0 Å². The van der Waals surface area contributed by atoms with Gasteiger partial charge in [-0.1, -0.05) is 23.8 Å². The molecule has 29 heavy (non-hydrogen) atoms. The Morgan fingerprint density at radius 2 is 1.69 bits per heavy atom. The highest BCUT2D eigenvalue weighted by Crippen LogP contribution is 2.24. The molecule has 1 aromatic heterocycles. The van der Waals surface area contributed by atoms with Crippen molar-refractivity contribution in [1.82, 2.24) is 9.88 Å². The standard InChI is InChI=1S/C24H25N3O2/c1-16-10-11-22-19(14-16)20(15-17(2)25-22)23(28)26-21-9-5-4-8-18(21)24(29)27-12-6-3-7-13-27/h4-5,8-11,14-15H,3,6-7,12-13H2,1-2H3,(H,26,28). The molecule has 4 rings (SSSR count). The number of hydrogen-bond donors (Lipinski definition) is 1. The van der Waals surface area contributed by atoms with Crippen molar-refractivity contribution >= 4 is 28.4 Å². The Labute approximate surface area is 170 Å². The first-order chi connectivity index (χ1) is 14.0. The van der Waals surface area contributed by atoms with Crippen LogP contribution in [0.4, 0.5) is 5.69 Å². The maximum atomic E-state index is 13.2. The Kier molecular flexibility index (Phi) is 5.30. The van der Waals surface area contributed by atoms with E-state index < -0.39 is 0 Å². The molecular formula is C24H25N3O2. The summed E-state index contributed by atoms with van der Waals surface area (Å²) in [6.45, 7) is 5.42. The predicted molar refractivity (Wildman–Crippen MR) is 115 cm³/mol. The summed E-state index contributed by atoms with van der Waals surface area (Å²) >= 11 is 0. The summed E-state index contributed by atoms with van der Waals surface area (Å²) in [7, 11) is 0. The average molecular weight is 387 g/mol. The van der Waals surface area contributed by atoms with Crippen molar-refractivity contribution in [2.24, 2.45) is 0 Å². The number of rotatable bonds is 3. The highest BCUT2D eigenvalue weighted by Gasteiger charge is 2.22. The Morgan fingerprint density at radius 3 is 2.48 bits per heavy atom. The molecule has 1 aliphatic rings. The van der Waals surface area contributed by atoms with Crippen LogP contribution >= 0.6 is 0 Å². The van der Waals surface area contributed by atoms with Gasteiger partial charge < -0.3 is 10.2 Å². The number of pyridine rings is 1. The van der Waals surface area contributed by atoms with E-state index in [1.54, 1.807) is 18.2 Å². The van der Waals surface area contributed by atoms with Crippen molar-refractivity contribution in [3.63, 3.8) is 0 Å². The Morgan fingerprint density at radius 1 is 0.931 bits per heavy atom. The Hall–Kier alpha value is -3.21. The third kappa shape index (κ3) is 3.99.